The molecule has 0 radical (unpaired) electrons. The van der Waals surface area contributed by atoms with Crippen LogP contribution in [0.1, 0.15) is 25.3 Å². The summed E-state index contributed by atoms with van der Waals surface area (Å²) in [6, 6.07) is 0. The number of halogens is 4. The van der Waals surface area contributed by atoms with Gasteiger partial charge in [0.25, 0.3) is 0 Å². The summed E-state index contributed by atoms with van der Waals surface area (Å²) in [5, 5.41) is 3.18. The third-order valence-corrected chi connectivity index (χ3v) is 2.50. The van der Waals surface area contributed by atoms with Crippen molar-refractivity contribution < 1.29 is 13.2 Å². The molecule has 0 atom stereocenters. The van der Waals surface area contributed by atoms with Gasteiger partial charge in [-0.3, -0.25) is 0 Å². The molecule has 3 nitrogen and oxygen atoms in total. The molecule has 0 fully saturated rings. The Morgan fingerprint density at radius 2 is 2.06 bits per heavy atom. The second kappa shape index (κ2) is 6.05. The molecule has 0 bridgehead atoms. The zero-order valence-electron chi connectivity index (χ0n) is 9.31. The van der Waals surface area contributed by atoms with Crippen molar-refractivity contribution in [2.75, 3.05) is 11.9 Å². The molecule has 1 aromatic heterocycles. The number of nitrogens with zero attached hydrogens (tertiary/aromatic N) is 2. The molecule has 0 unspecified atom stereocenters. The largest absolute Gasteiger partial charge is 0.389 e. The van der Waals surface area contributed by atoms with E-state index < -0.39 is 12.6 Å². The van der Waals surface area contributed by atoms with Gasteiger partial charge in [0.2, 0.25) is 0 Å². The molecule has 96 valence electrons. The minimum absolute atomic E-state index is 0.00821. The van der Waals surface area contributed by atoms with Gasteiger partial charge in [0.05, 0.1) is 0 Å². The molecule has 0 saturated carbocycles. The van der Waals surface area contributed by atoms with E-state index >= 15 is 0 Å². The van der Waals surface area contributed by atoms with E-state index in [9.17, 15) is 13.2 Å². The minimum Gasteiger partial charge on any atom is -0.370 e. The van der Waals surface area contributed by atoms with Crippen LogP contribution >= 0.6 is 11.6 Å². The minimum atomic E-state index is -4.11. The van der Waals surface area contributed by atoms with Crippen molar-refractivity contribution in [1.82, 2.24) is 9.97 Å². The third-order valence-electron chi connectivity index (χ3n) is 2.18. The van der Waals surface area contributed by atoms with Crippen LogP contribution in [0, 0.1) is 0 Å². The third kappa shape index (κ3) is 4.77. The van der Waals surface area contributed by atoms with E-state index in [0.29, 0.717) is 17.4 Å². The SMILES string of the molecule is CCc1c(Cl)ncnc1NCCCC(F)(F)F. The Balaban J connectivity index is 2.49. The Bertz CT molecular complexity index is 368. The van der Waals surface area contributed by atoms with Crippen molar-refractivity contribution in [1.29, 1.82) is 0 Å². The average Bonchev–Trinajstić information content (AvgIpc) is 2.23. The number of alkyl halides is 3. The van der Waals surface area contributed by atoms with E-state index in [0.717, 1.165) is 5.56 Å². The topological polar surface area (TPSA) is 37.8 Å². The fourth-order valence-electron chi connectivity index (χ4n) is 1.35. The van der Waals surface area contributed by atoms with Crippen LogP contribution < -0.4 is 5.32 Å². The van der Waals surface area contributed by atoms with Crippen molar-refractivity contribution in [3.8, 4) is 0 Å². The van der Waals surface area contributed by atoms with Crippen LogP contribution in [0.2, 0.25) is 5.15 Å². The Morgan fingerprint density at radius 1 is 1.35 bits per heavy atom. The predicted molar refractivity (Wildman–Crippen MR) is 60.2 cm³/mol. The number of anilines is 1. The fourth-order valence-corrected chi connectivity index (χ4v) is 1.62. The summed E-state index contributed by atoms with van der Waals surface area (Å²) < 4.78 is 35.7. The highest BCUT2D eigenvalue weighted by Gasteiger charge is 2.25. The molecule has 1 rings (SSSR count). The summed E-state index contributed by atoms with van der Waals surface area (Å²) in [6.07, 6.45) is -3.00. The van der Waals surface area contributed by atoms with Gasteiger partial charge in [-0.1, -0.05) is 18.5 Å². The Labute approximate surface area is 102 Å². The molecule has 0 aliphatic carbocycles. The van der Waals surface area contributed by atoms with Gasteiger partial charge in [0, 0.05) is 18.5 Å². The molecule has 1 aromatic rings. The molecule has 0 amide bonds. The highest BCUT2D eigenvalue weighted by Crippen LogP contribution is 2.22. The maximum atomic E-state index is 11.9. The number of hydrogen-bond donors (Lipinski definition) is 1. The van der Waals surface area contributed by atoms with Crippen LogP contribution in [0.3, 0.4) is 0 Å². The second-order valence-electron chi connectivity index (χ2n) is 3.49. The maximum absolute atomic E-state index is 11.9. The number of aromatic nitrogens is 2. The molecule has 0 aromatic carbocycles. The van der Waals surface area contributed by atoms with Crippen molar-refractivity contribution in [3.63, 3.8) is 0 Å². The van der Waals surface area contributed by atoms with Crippen molar-refractivity contribution in [2.24, 2.45) is 0 Å². The van der Waals surface area contributed by atoms with E-state index in [4.69, 9.17) is 11.6 Å². The summed E-state index contributed by atoms with van der Waals surface area (Å²) in [7, 11) is 0. The van der Waals surface area contributed by atoms with E-state index in [1.807, 2.05) is 6.92 Å². The Kier molecular flexibility index (Phi) is 4.99. The van der Waals surface area contributed by atoms with Crippen molar-refractivity contribution in [3.05, 3.63) is 17.0 Å². The highest BCUT2D eigenvalue weighted by molar-refractivity contribution is 6.30. The molecule has 1 heterocycles. The van der Waals surface area contributed by atoms with Crippen LogP contribution in [-0.2, 0) is 6.42 Å². The zero-order valence-corrected chi connectivity index (χ0v) is 10.1. The van der Waals surface area contributed by atoms with Gasteiger partial charge in [0.15, 0.2) is 0 Å². The van der Waals surface area contributed by atoms with Crippen LogP contribution in [0.15, 0.2) is 6.33 Å². The molecule has 0 aliphatic rings. The lowest BCUT2D eigenvalue weighted by Crippen LogP contribution is -2.12. The quantitative estimate of drug-likeness (QED) is 0.656. The van der Waals surface area contributed by atoms with Crippen LogP contribution in [0.4, 0.5) is 19.0 Å². The molecule has 7 heteroatoms. The smallest absolute Gasteiger partial charge is 0.370 e. The first-order valence-corrected chi connectivity index (χ1v) is 5.62. The second-order valence-corrected chi connectivity index (χ2v) is 3.85. The normalized spacial score (nSPS) is 11.6. The first kappa shape index (κ1) is 14.0. The molecule has 17 heavy (non-hydrogen) atoms. The highest BCUT2D eigenvalue weighted by atomic mass is 35.5. The lowest BCUT2D eigenvalue weighted by atomic mass is 10.2. The predicted octanol–water partition coefficient (Wildman–Crippen LogP) is 3.45. The molecule has 0 aliphatic heterocycles. The summed E-state index contributed by atoms with van der Waals surface area (Å²) >= 11 is 5.84. The Hall–Kier alpha value is -1.04. The van der Waals surface area contributed by atoms with Crippen LogP contribution in [-0.4, -0.2) is 22.7 Å². The molecular formula is C10H13ClF3N3. The maximum Gasteiger partial charge on any atom is 0.389 e. The van der Waals surface area contributed by atoms with Gasteiger partial charge >= 0.3 is 6.18 Å². The van der Waals surface area contributed by atoms with Crippen molar-refractivity contribution >= 4 is 17.4 Å². The first-order valence-electron chi connectivity index (χ1n) is 5.24. The number of rotatable bonds is 5. The standard InChI is InChI=1S/C10H13ClF3N3/c1-2-7-8(11)16-6-17-9(7)15-5-3-4-10(12,13)14/h6H,2-5H2,1H3,(H,15,16,17). The summed E-state index contributed by atoms with van der Waals surface area (Å²) in [6.45, 7) is 2.09. The van der Waals surface area contributed by atoms with E-state index in [2.05, 4.69) is 15.3 Å². The molecule has 0 spiro atoms. The fraction of sp³-hybridized carbons (Fsp3) is 0.600. The number of nitrogens with one attached hydrogen (secondary N) is 1. The van der Waals surface area contributed by atoms with Crippen LogP contribution in [0.5, 0.6) is 0 Å². The van der Waals surface area contributed by atoms with E-state index in [1.165, 1.54) is 6.33 Å². The van der Waals surface area contributed by atoms with Gasteiger partial charge in [-0.05, 0) is 12.8 Å². The van der Waals surface area contributed by atoms with Crippen LogP contribution in [0.25, 0.3) is 0 Å². The monoisotopic (exact) mass is 267 g/mol. The zero-order chi connectivity index (χ0) is 12.9. The van der Waals surface area contributed by atoms with Gasteiger partial charge in [-0.2, -0.15) is 13.2 Å². The van der Waals surface area contributed by atoms with Gasteiger partial charge < -0.3 is 5.32 Å². The van der Waals surface area contributed by atoms with Gasteiger partial charge in [-0.15, -0.1) is 0 Å². The summed E-state index contributed by atoms with van der Waals surface area (Å²) in [5.41, 5.74) is 0.723. The number of hydrogen-bond acceptors (Lipinski definition) is 3. The molecule has 0 saturated heterocycles. The van der Waals surface area contributed by atoms with Gasteiger partial charge in [0.1, 0.15) is 17.3 Å². The van der Waals surface area contributed by atoms with Crippen molar-refractivity contribution in [2.45, 2.75) is 32.4 Å². The Morgan fingerprint density at radius 3 is 2.65 bits per heavy atom. The van der Waals surface area contributed by atoms with E-state index in [-0.39, 0.29) is 13.0 Å². The summed E-state index contributed by atoms with van der Waals surface area (Å²) in [5.74, 6) is 0.509. The average molecular weight is 268 g/mol. The molecule has 1 N–H and O–H groups in total. The summed E-state index contributed by atoms with van der Waals surface area (Å²) in [4.78, 5) is 7.77. The van der Waals surface area contributed by atoms with E-state index in [1.54, 1.807) is 0 Å². The van der Waals surface area contributed by atoms with Gasteiger partial charge in [-0.25, -0.2) is 9.97 Å². The first-order chi connectivity index (χ1) is 7.94. The lowest BCUT2D eigenvalue weighted by molar-refractivity contribution is -0.134. The molecular weight excluding hydrogens is 255 g/mol. The lowest BCUT2D eigenvalue weighted by Gasteiger charge is -2.11.